The smallest absolute Gasteiger partial charge is 0.225 e. The first-order valence-corrected chi connectivity index (χ1v) is 9.61. The largest absolute Gasteiger partial charge is 0.367 e. The highest BCUT2D eigenvalue weighted by Crippen LogP contribution is 2.33. The van der Waals surface area contributed by atoms with Gasteiger partial charge in [0.1, 0.15) is 12.1 Å². The van der Waals surface area contributed by atoms with Gasteiger partial charge in [-0.3, -0.25) is 4.79 Å². The lowest BCUT2D eigenvalue weighted by Crippen LogP contribution is -2.47. The van der Waals surface area contributed by atoms with Gasteiger partial charge < -0.3 is 10.2 Å². The van der Waals surface area contributed by atoms with Crippen molar-refractivity contribution in [1.29, 1.82) is 0 Å². The maximum atomic E-state index is 12.5. The van der Waals surface area contributed by atoms with Crippen molar-refractivity contribution in [2.75, 3.05) is 24.2 Å². The van der Waals surface area contributed by atoms with E-state index >= 15 is 0 Å². The molecule has 0 aromatic carbocycles. The minimum absolute atomic E-state index is 0.0745. The van der Waals surface area contributed by atoms with E-state index in [1.165, 1.54) is 6.42 Å². The summed E-state index contributed by atoms with van der Waals surface area (Å²) in [6.07, 6.45) is 7.00. The summed E-state index contributed by atoms with van der Waals surface area (Å²) in [5, 5.41) is 3.46. The molecule has 0 spiro atoms. The highest BCUT2D eigenvalue weighted by atomic mass is 32.1. The van der Waals surface area contributed by atoms with Crippen molar-refractivity contribution in [3.8, 4) is 0 Å². The van der Waals surface area contributed by atoms with E-state index in [-0.39, 0.29) is 11.3 Å². The van der Waals surface area contributed by atoms with Crippen LogP contribution in [0.3, 0.4) is 0 Å². The van der Waals surface area contributed by atoms with Gasteiger partial charge in [-0.25, -0.2) is 9.97 Å². The number of piperidine rings is 1. The Labute approximate surface area is 150 Å². The molecule has 3 rings (SSSR count). The number of amides is 1. The van der Waals surface area contributed by atoms with E-state index in [9.17, 15) is 4.79 Å². The summed E-state index contributed by atoms with van der Waals surface area (Å²) >= 11 is 4.41. The van der Waals surface area contributed by atoms with Gasteiger partial charge in [0, 0.05) is 42.3 Å². The second-order valence-electron chi connectivity index (χ2n) is 7.73. The number of likely N-dealkylation sites (tertiary alicyclic amines) is 1. The topological polar surface area (TPSA) is 58.1 Å². The molecule has 0 atom stereocenters. The molecule has 0 bridgehead atoms. The van der Waals surface area contributed by atoms with Crippen LogP contribution in [0.4, 0.5) is 5.82 Å². The Bertz CT molecular complexity index is 580. The molecule has 0 unspecified atom stereocenters. The van der Waals surface area contributed by atoms with E-state index in [0.29, 0.717) is 11.9 Å². The normalized spacial score (nSPS) is 24.4. The summed E-state index contributed by atoms with van der Waals surface area (Å²) in [7, 11) is 0. The van der Waals surface area contributed by atoms with E-state index in [1.54, 1.807) is 6.33 Å². The number of carbonyl (C=O) groups is 1. The third-order valence-corrected chi connectivity index (χ3v) is 6.05. The van der Waals surface area contributed by atoms with Crippen LogP contribution in [0.1, 0.15) is 51.6 Å². The van der Waals surface area contributed by atoms with Crippen molar-refractivity contribution >= 4 is 24.4 Å². The van der Waals surface area contributed by atoms with E-state index < -0.39 is 0 Å². The summed E-state index contributed by atoms with van der Waals surface area (Å²) in [5.74, 6) is 2.13. The van der Waals surface area contributed by atoms with Gasteiger partial charge in [0.15, 0.2) is 0 Å². The number of thiol groups is 1. The van der Waals surface area contributed by atoms with E-state index in [0.717, 1.165) is 56.0 Å². The lowest BCUT2D eigenvalue weighted by Gasteiger charge is -2.39. The van der Waals surface area contributed by atoms with E-state index in [2.05, 4.69) is 46.7 Å². The first-order chi connectivity index (χ1) is 11.5. The van der Waals surface area contributed by atoms with Gasteiger partial charge in [0.2, 0.25) is 5.91 Å². The van der Waals surface area contributed by atoms with Crippen LogP contribution in [0.15, 0.2) is 12.4 Å². The molecule has 2 heterocycles. The zero-order chi connectivity index (χ0) is 17.2. The van der Waals surface area contributed by atoms with Crippen LogP contribution in [0, 0.1) is 5.92 Å². The van der Waals surface area contributed by atoms with Gasteiger partial charge in [-0.15, -0.1) is 0 Å². The number of hydrogen-bond donors (Lipinski definition) is 2. The van der Waals surface area contributed by atoms with E-state index in [1.807, 2.05) is 6.07 Å². The van der Waals surface area contributed by atoms with Gasteiger partial charge in [-0.2, -0.15) is 12.6 Å². The number of anilines is 1. The highest BCUT2D eigenvalue weighted by Gasteiger charge is 2.37. The molecule has 1 aliphatic carbocycles. The summed E-state index contributed by atoms with van der Waals surface area (Å²) in [5.41, 5.74) is 0.921. The lowest BCUT2D eigenvalue weighted by molar-refractivity contribution is -0.139. The molecule has 6 heteroatoms. The van der Waals surface area contributed by atoms with Crippen LogP contribution in [-0.4, -0.2) is 45.7 Å². The van der Waals surface area contributed by atoms with Crippen LogP contribution in [0.2, 0.25) is 0 Å². The summed E-state index contributed by atoms with van der Waals surface area (Å²) in [4.78, 5) is 23.2. The first-order valence-electron chi connectivity index (χ1n) is 8.98. The van der Waals surface area contributed by atoms with Crippen LogP contribution in [0.25, 0.3) is 0 Å². The van der Waals surface area contributed by atoms with Gasteiger partial charge in [-0.05, 0) is 32.1 Å². The van der Waals surface area contributed by atoms with Crippen molar-refractivity contribution in [3.05, 3.63) is 18.1 Å². The molecule has 1 saturated heterocycles. The number of hydrogen-bond acceptors (Lipinski definition) is 5. The fraction of sp³-hybridized carbons (Fsp3) is 0.722. The van der Waals surface area contributed by atoms with Gasteiger partial charge in [-0.1, -0.05) is 13.8 Å². The Balaban J connectivity index is 1.52. The second kappa shape index (κ2) is 7.30. The van der Waals surface area contributed by atoms with Gasteiger partial charge in [0.25, 0.3) is 0 Å². The molecule has 1 aromatic rings. The molecule has 2 aliphatic rings. The maximum Gasteiger partial charge on any atom is 0.225 e. The van der Waals surface area contributed by atoms with Gasteiger partial charge >= 0.3 is 0 Å². The molecular weight excluding hydrogens is 320 g/mol. The standard InChI is InChI=1S/C18H28N4OS/c1-18(2,11-24)15-10-16(20-12-19-15)21-14-8-13(9-14)17(23)22-6-4-3-5-7-22/h10,12-14,24H,3-9,11H2,1-2H3,(H,19,20,21). The Morgan fingerprint density at radius 3 is 2.67 bits per heavy atom. The zero-order valence-electron chi connectivity index (χ0n) is 14.7. The van der Waals surface area contributed by atoms with Crippen LogP contribution in [0.5, 0.6) is 0 Å². The van der Waals surface area contributed by atoms with Crippen molar-refractivity contribution in [3.63, 3.8) is 0 Å². The second-order valence-corrected chi connectivity index (χ2v) is 8.04. The summed E-state index contributed by atoms with van der Waals surface area (Å²) in [6.45, 7) is 6.15. The Morgan fingerprint density at radius 1 is 1.29 bits per heavy atom. The molecular formula is C18H28N4OS. The molecule has 1 aromatic heterocycles. The lowest BCUT2D eigenvalue weighted by atomic mass is 9.79. The van der Waals surface area contributed by atoms with Crippen LogP contribution >= 0.6 is 12.6 Å². The maximum absolute atomic E-state index is 12.5. The molecule has 132 valence electrons. The summed E-state index contributed by atoms with van der Waals surface area (Å²) in [6, 6.07) is 2.35. The van der Waals surface area contributed by atoms with Crippen molar-refractivity contribution in [1.82, 2.24) is 14.9 Å². The molecule has 0 radical (unpaired) electrons. The predicted octanol–water partition coefficient (Wildman–Crippen LogP) is 2.89. The van der Waals surface area contributed by atoms with Crippen molar-refractivity contribution in [2.24, 2.45) is 5.92 Å². The molecule has 24 heavy (non-hydrogen) atoms. The number of aromatic nitrogens is 2. The Morgan fingerprint density at radius 2 is 2.00 bits per heavy atom. The van der Waals surface area contributed by atoms with Crippen molar-refractivity contribution in [2.45, 2.75) is 57.4 Å². The predicted molar refractivity (Wildman–Crippen MR) is 99.5 cm³/mol. The number of carbonyl (C=O) groups excluding carboxylic acids is 1. The molecule has 1 N–H and O–H groups in total. The monoisotopic (exact) mass is 348 g/mol. The number of nitrogens with zero attached hydrogens (tertiary/aromatic N) is 3. The fourth-order valence-electron chi connectivity index (χ4n) is 3.41. The number of nitrogens with one attached hydrogen (secondary N) is 1. The summed E-state index contributed by atoms with van der Waals surface area (Å²) < 4.78 is 0. The zero-order valence-corrected chi connectivity index (χ0v) is 15.6. The molecule has 5 nitrogen and oxygen atoms in total. The minimum atomic E-state index is -0.0745. The van der Waals surface area contributed by atoms with Crippen LogP contribution < -0.4 is 5.32 Å². The molecule has 2 fully saturated rings. The molecule has 1 amide bonds. The van der Waals surface area contributed by atoms with E-state index in [4.69, 9.17) is 0 Å². The fourth-order valence-corrected chi connectivity index (χ4v) is 3.57. The van der Waals surface area contributed by atoms with Gasteiger partial charge in [0.05, 0.1) is 5.69 Å². The first kappa shape index (κ1) is 17.5. The quantitative estimate of drug-likeness (QED) is 0.804. The van der Waals surface area contributed by atoms with Crippen molar-refractivity contribution < 1.29 is 4.79 Å². The molecule has 1 aliphatic heterocycles. The average molecular weight is 349 g/mol. The Hall–Kier alpha value is -1.30. The molecule has 1 saturated carbocycles. The Kier molecular flexibility index (Phi) is 5.33. The highest BCUT2D eigenvalue weighted by molar-refractivity contribution is 7.80. The SMILES string of the molecule is CC(C)(CS)c1cc(NC2CC(C(=O)N3CCCCC3)C2)ncn1. The minimum Gasteiger partial charge on any atom is -0.367 e. The average Bonchev–Trinajstić information content (AvgIpc) is 2.58. The number of rotatable bonds is 5. The third kappa shape index (κ3) is 3.85. The third-order valence-electron chi connectivity index (χ3n) is 5.26. The van der Waals surface area contributed by atoms with Crippen LogP contribution in [-0.2, 0) is 10.2 Å².